The second-order valence-corrected chi connectivity index (χ2v) is 9.35. The third-order valence-corrected chi connectivity index (χ3v) is 5.62. The third-order valence-electron chi connectivity index (χ3n) is 5.62. The summed E-state index contributed by atoms with van der Waals surface area (Å²) in [6.45, 7) is 8.45. The first kappa shape index (κ1) is 22.0. The van der Waals surface area contributed by atoms with E-state index in [9.17, 15) is 9.59 Å². The molecule has 0 radical (unpaired) electrons. The van der Waals surface area contributed by atoms with E-state index in [4.69, 9.17) is 0 Å². The molecule has 1 atom stereocenters. The van der Waals surface area contributed by atoms with Crippen LogP contribution >= 0.6 is 0 Å². The van der Waals surface area contributed by atoms with Gasteiger partial charge in [-0.3, -0.25) is 19.6 Å². The van der Waals surface area contributed by atoms with Crippen LogP contribution in [0.1, 0.15) is 61.1 Å². The highest BCUT2D eigenvalue weighted by Crippen LogP contribution is 2.28. The zero-order valence-corrected chi connectivity index (χ0v) is 18.7. The molecule has 1 aromatic heterocycles. The predicted molar refractivity (Wildman–Crippen MR) is 119 cm³/mol. The molecule has 162 valence electrons. The molecule has 1 aliphatic rings. The quantitative estimate of drug-likeness (QED) is 0.792. The van der Waals surface area contributed by atoms with E-state index in [1.54, 1.807) is 25.2 Å². The first-order chi connectivity index (χ1) is 14.1. The van der Waals surface area contributed by atoms with E-state index < -0.39 is 0 Å². The molecule has 2 aromatic rings. The Bertz CT molecular complexity index is 880. The summed E-state index contributed by atoms with van der Waals surface area (Å²) in [6.07, 6.45) is 3.56. The highest BCUT2D eigenvalue weighted by atomic mass is 16.2. The fourth-order valence-corrected chi connectivity index (χ4v) is 3.91. The second-order valence-electron chi connectivity index (χ2n) is 9.35. The van der Waals surface area contributed by atoms with Gasteiger partial charge in [-0.25, -0.2) is 0 Å². The second kappa shape index (κ2) is 9.00. The monoisotopic (exact) mass is 411 g/mol. The van der Waals surface area contributed by atoms with Gasteiger partial charge in [-0.05, 0) is 42.5 Å². The zero-order valence-electron chi connectivity index (χ0n) is 18.7. The molecule has 1 saturated heterocycles. The number of likely N-dealkylation sites (tertiary alicyclic amines) is 1. The van der Waals surface area contributed by atoms with Gasteiger partial charge in [0.15, 0.2) is 0 Å². The molecular formula is C23H33N5O2. The van der Waals surface area contributed by atoms with Crippen LogP contribution in [0.3, 0.4) is 0 Å². The molecule has 7 heteroatoms. The van der Waals surface area contributed by atoms with Crippen molar-refractivity contribution in [1.29, 1.82) is 0 Å². The molecule has 2 amide bonds. The van der Waals surface area contributed by atoms with Crippen molar-refractivity contribution >= 4 is 17.5 Å². The zero-order chi connectivity index (χ0) is 21.9. The summed E-state index contributed by atoms with van der Waals surface area (Å²) < 4.78 is 0. The first-order valence-electron chi connectivity index (χ1n) is 10.5. The fraction of sp³-hybridized carbons (Fsp3) is 0.522. The molecule has 0 saturated carbocycles. The van der Waals surface area contributed by atoms with Gasteiger partial charge in [0.1, 0.15) is 0 Å². The average Bonchev–Trinajstić information content (AvgIpc) is 3.17. The standard InChI is InChI=1S/C23H33N5O2/c1-23(2,3)17-8-10-18(11-9-17)25-20(29)15-28-12-6-7-16(14-28)21-19(13-24-26-21)22(30)27(4)5/h8-11,13,16H,6-7,12,14-15H2,1-5H3,(H,24,26)(H,25,29)/t16-/m0/s1. The highest BCUT2D eigenvalue weighted by Gasteiger charge is 2.28. The molecule has 0 spiro atoms. The largest absolute Gasteiger partial charge is 0.345 e. The SMILES string of the molecule is CN(C)C(=O)c1cn[nH]c1[C@H]1CCCN(CC(=O)Nc2ccc(C(C)(C)C)cc2)C1. The molecular weight excluding hydrogens is 378 g/mol. The Morgan fingerprint density at radius 1 is 1.23 bits per heavy atom. The van der Waals surface area contributed by atoms with E-state index >= 15 is 0 Å². The summed E-state index contributed by atoms with van der Waals surface area (Å²) in [7, 11) is 3.48. The lowest BCUT2D eigenvalue weighted by Gasteiger charge is -2.32. The molecule has 0 unspecified atom stereocenters. The molecule has 30 heavy (non-hydrogen) atoms. The van der Waals surface area contributed by atoms with Crippen molar-refractivity contribution in [2.45, 2.75) is 44.9 Å². The van der Waals surface area contributed by atoms with Gasteiger partial charge < -0.3 is 10.2 Å². The number of hydrogen-bond donors (Lipinski definition) is 2. The molecule has 0 aliphatic carbocycles. The Kier molecular flexibility index (Phi) is 6.61. The Morgan fingerprint density at radius 2 is 1.93 bits per heavy atom. The Labute approximate surface area is 178 Å². The fourth-order valence-electron chi connectivity index (χ4n) is 3.91. The van der Waals surface area contributed by atoms with Gasteiger partial charge >= 0.3 is 0 Å². The molecule has 2 N–H and O–H groups in total. The van der Waals surface area contributed by atoms with Crippen molar-refractivity contribution in [2.24, 2.45) is 0 Å². The van der Waals surface area contributed by atoms with Crippen LogP contribution in [0.15, 0.2) is 30.5 Å². The Morgan fingerprint density at radius 3 is 2.57 bits per heavy atom. The van der Waals surface area contributed by atoms with Crippen LogP contribution in [0.25, 0.3) is 0 Å². The lowest BCUT2D eigenvalue weighted by molar-refractivity contribution is -0.117. The number of rotatable bonds is 5. The van der Waals surface area contributed by atoms with Crippen LogP contribution in [0.4, 0.5) is 5.69 Å². The number of benzene rings is 1. The van der Waals surface area contributed by atoms with Crippen molar-refractivity contribution < 1.29 is 9.59 Å². The van der Waals surface area contributed by atoms with E-state index in [1.807, 2.05) is 12.1 Å². The van der Waals surface area contributed by atoms with E-state index in [0.29, 0.717) is 12.1 Å². The van der Waals surface area contributed by atoms with Crippen LogP contribution in [-0.2, 0) is 10.2 Å². The van der Waals surface area contributed by atoms with E-state index in [2.05, 4.69) is 53.3 Å². The van der Waals surface area contributed by atoms with Crippen LogP contribution < -0.4 is 5.32 Å². The highest BCUT2D eigenvalue weighted by molar-refractivity contribution is 5.95. The van der Waals surface area contributed by atoms with Crippen LogP contribution in [-0.4, -0.2) is 65.5 Å². The molecule has 3 rings (SSSR count). The van der Waals surface area contributed by atoms with Gasteiger partial charge in [0.2, 0.25) is 5.91 Å². The van der Waals surface area contributed by atoms with Crippen molar-refractivity contribution in [3.8, 4) is 0 Å². The summed E-state index contributed by atoms with van der Waals surface area (Å²) >= 11 is 0. The van der Waals surface area contributed by atoms with Crippen LogP contribution in [0.5, 0.6) is 0 Å². The number of anilines is 1. The maximum Gasteiger partial charge on any atom is 0.256 e. The summed E-state index contributed by atoms with van der Waals surface area (Å²) in [5.74, 6) is 0.0969. The molecule has 1 aliphatic heterocycles. The number of amides is 2. The minimum absolute atomic E-state index is 0.0200. The number of nitrogens with one attached hydrogen (secondary N) is 2. The number of nitrogens with zero attached hydrogens (tertiary/aromatic N) is 3. The number of H-pyrrole nitrogens is 1. The van der Waals surface area contributed by atoms with Crippen LogP contribution in [0, 0.1) is 0 Å². The van der Waals surface area contributed by atoms with Crippen molar-refractivity contribution in [2.75, 3.05) is 39.0 Å². The summed E-state index contributed by atoms with van der Waals surface area (Å²) in [6, 6.07) is 8.05. The molecule has 1 fully saturated rings. The Balaban J connectivity index is 1.59. The van der Waals surface area contributed by atoms with Gasteiger partial charge in [0.25, 0.3) is 5.91 Å². The number of hydrogen-bond acceptors (Lipinski definition) is 4. The predicted octanol–water partition coefficient (Wildman–Crippen LogP) is 3.23. The number of carbonyl (C=O) groups is 2. The molecule has 0 bridgehead atoms. The number of aromatic amines is 1. The van der Waals surface area contributed by atoms with Crippen molar-refractivity contribution in [3.05, 3.63) is 47.3 Å². The van der Waals surface area contributed by atoms with Gasteiger partial charge in [0.05, 0.1) is 24.0 Å². The Hall–Kier alpha value is -2.67. The number of piperidine rings is 1. The molecule has 7 nitrogen and oxygen atoms in total. The third kappa shape index (κ3) is 5.27. The summed E-state index contributed by atoms with van der Waals surface area (Å²) in [5, 5.41) is 10.1. The number of carbonyl (C=O) groups excluding carboxylic acids is 2. The topological polar surface area (TPSA) is 81.3 Å². The first-order valence-corrected chi connectivity index (χ1v) is 10.5. The van der Waals surface area contributed by atoms with Crippen molar-refractivity contribution in [3.63, 3.8) is 0 Å². The summed E-state index contributed by atoms with van der Waals surface area (Å²) in [5.41, 5.74) is 3.63. The minimum Gasteiger partial charge on any atom is -0.345 e. The molecule has 2 heterocycles. The maximum absolute atomic E-state index is 12.6. The number of aromatic nitrogens is 2. The van der Waals surface area contributed by atoms with Gasteiger partial charge in [-0.2, -0.15) is 5.10 Å². The minimum atomic E-state index is -0.0488. The average molecular weight is 412 g/mol. The van der Waals surface area contributed by atoms with E-state index in [0.717, 1.165) is 37.3 Å². The maximum atomic E-state index is 12.6. The van der Waals surface area contributed by atoms with Gasteiger partial charge in [-0.1, -0.05) is 32.9 Å². The normalized spacial score (nSPS) is 17.6. The smallest absolute Gasteiger partial charge is 0.256 e. The summed E-state index contributed by atoms with van der Waals surface area (Å²) in [4.78, 5) is 28.7. The lowest BCUT2D eigenvalue weighted by Crippen LogP contribution is -2.40. The lowest BCUT2D eigenvalue weighted by atomic mass is 9.87. The van der Waals surface area contributed by atoms with Gasteiger partial charge in [-0.15, -0.1) is 0 Å². The van der Waals surface area contributed by atoms with E-state index in [-0.39, 0.29) is 23.1 Å². The van der Waals surface area contributed by atoms with Gasteiger partial charge in [0, 0.05) is 32.2 Å². The van der Waals surface area contributed by atoms with Crippen LogP contribution in [0.2, 0.25) is 0 Å². The molecule has 1 aromatic carbocycles. The van der Waals surface area contributed by atoms with E-state index in [1.165, 1.54) is 5.56 Å². The van der Waals surface area contributed by atoms with Crippen molar-refractivity contribution in [1.82, 2.24) is 20.0 Å².